The lowest BCUT2D eigenvalue weighted by Gasteiger charge is -2.10. The average molecular weight is 340 g/mol. The summed E-state index contributed by atoms with van der Waals surface area (Å²) in [5.41, 5.74) is 4.82. The fraction of sp³-hybridized carbons (Fsp3) is 0. The van der Waals surface area contributed by atoms with Crippen LogP contribution in [-0.2, 0) is 0 Å². The van der Waals surface area contributed by atoms with Crippen molar-refractivity contribution < 1.29 is 19.1 Å². The molecule has 9 nitrogen and oxygen atoms in total. The molecule has 0 aliphatic carbocycles. The molecule has 0 unspecified atom stereocenters. The molecule has 0 radical (unpaired) electrons. The average Bonchev–Trinajstić information content (AvgIpc) is 3.04. The summed E-state index contributed by atoms with van der Waals surface area (Å²) in [6.07, 6.45) is 6.48. The number of rotatable bonds is 3. The molecule has 4 N–H and O–H groups in total. The van der Waals surface area contributed by atoms with Gasteiger partial charge in [-0.25, -0.2) is 14.2 Å². The summed E-state index contributed by atoms with van der Waals surface area (Å²) in [5, 5.41) is 18.8. The lowest BCUT2D eigenvalue weighted by molar-refractivity contribution is 0.0697. The van der Waals surface area contributed by atoms with E-state index in [1.54, 1.807) is 0 Å². The Morgan fingerprint density at radius 3 is 2.80 bits per heavy atom. The molecule has 0 spiro atoms. The maximum absolute atomic E-state index is 13.7. The van der Waals surface area contributed by atoms with Crippen LogP contribution in [0.25, 0.3) is 5.78 Å². The van der Waals surface area contributed by atoms with E-state index in [9.17, 15) is 14.0 Å². The number of carboxylic acids is 1. The van der Waals surface area contributed by atoms with Crippen LogP contribution in [0.1, 0.15) is 26.4 Å². The quantitative estimate of drug-likeness (QED) is 0.599. The van der Waals surface area contributed by atoms with Crippen LogP contribution in [0.3, 0.4) is 0 Å². The van der Waals surface area contributed by atoms with Gasteiger partial charge in [0, 0.05) is 6.07 Å². The summed E-state index contributed by atoms with van der Waals surface area (Å²) < 4.78 is 15.0. The van der Waals surface area contributed by atoms with Gasteiger partial charge in [0.2, 0.25) is 0 Å². The van der Waals surface area contributed by atoms with Crippen molar-refractivity contribution in [1.29, 1.82) is 0 Å². The van der Waals surface area contributed by atoms with Crippen molar-refractivity contribution in [2.75, 3.05) is 11.1 Å². The molecule has 1 aromatic carbocycles. The monoisotopic (exact) mass is 340 g/mol. The van der Waals surface area contributed by atoms with E-state index in [4.69, 9.17) is 17.3 Å². The summed E-state index contributed by atoms with van der Waals surface area (Å²) >= 11 is 0. The van der Waals surface area contributed by atoms with E-state index >= 15 is 0 Å². The maximum atomic E-state index is 13.7. The van der Waals surface area contributed by atoms with Gasteiger partial charge in [-0.3, -0.25) is 9.20 Å². The topological polar surface area (TPSA) is 136 Å². The Morgan fingerprint density at radius 1 is 1.36 bits per heavy atom. The third kappa shape index (κ3) is 2.81. The Balaban J connectivity index is 2.02. The van der Waals surface area contributed by atoms with E-state index in [1.165, 1.54) is 16.8 Å². The van der Waals surface area contributed by atoms with E-state index in [2.05, 4.69) is 26.4 Å². The largest absolute Gasteiger partial charge is 0.478 e. The first-order valence-electron chi connectivity index (χ1n) is 6.71. The number of nitrogen functional groups attached to an aromatic ring is 1. The number of nitrogens with two attached hydrogens (primary N) is 1. The number of nitrogens with one attached hydrogen (secondary N) is 1. The van der Waals surface area contributed by atoms with Crippen molar-refractivity contribution in [3.05, 3.63) is 47.2 Å². The van der Waals surface area contributed by atoms with Crippen molar-refractivity contribution in [2.45, 2.75) is 0 Å². The number of nitrogens with zero attached hydrogens (tertiary/aromatic N) is 4. The zero-order chi connectivity index (χ0) is 18.1. The first kappa shape index (κ1) is 15.9. The van der Waals surface area contributed by atoms with Crippen LogP contribution in [0.5, 0.6) is 0 Å². The van der Waals surface area contributed by atoms with Gasteiger partial charge in [-0.2, -0.15) is 0 Å². The summed E-state index contributed by atoms with van der Waals surface area (Å²) in [6, 6.07) is 3.05. The number of carbonyl (C=O) groups excluding carboxylic acids is 1. The summed E-state index contributed by atoms with van der Waals surface area (Å²) in [4.78, 5) is 27.6. The minimum atomic E-state index is -1.43. The first-order valence-corrected chi connectivity index (χ1v) is 6.71. The molecule has 0 saturated heterocycles. The number of halogens is 1. The van der Waals surface area contributed by atoms with Gasteiger partial charge in [-0.05, 0) is 12.1 Å². The van der Waals surface area contributed by atoms with Gasteiger partial charge in [0.1, 0.15) is 23.7 Å². The van der Waals surface area contributed by atoms with Gasteiger partial charge < -0.3 is 16.2 Å². The zero-order valence-corrected chi connectivity index (χ0v) is 12.4. The van der Waals surface area contributed by atoms with Crippen molar-refractivity contribution in [3.63, 3.8) is 0 Å². The summed E-state index contributed by atoms with van der Waals surface area (Å²) in [5.74, 6) is -0.773. The van der Waals surface area contributed by atoms with Gasteiger partial charge in [0.05, 0.1) is 16.8 Å². The predicted octanol–water partition coefficient (Wildman–Crippen LogP) is 0.777. The molecule has 25 heavy (non-hydrogen) atoms. The number of benzene rings is 1. The molecule has 0 aliphatic heterocycles. The van der Waals surface area contributed by atoms with E-state index in [0.29, 0.717) is 0 Å². The molecule has 2 aromatic heterocycles. The summed E-state index contributed by atoms with van der Waals surface area (Å²) in [7, 11) is 0. The van der Waals surface area contributed by atoms with Gasteiger partial charge in [-0.15, -0.1) is 16.6 Å². The van der Waals surface area contributed by atoms with Crippen LogP contribution in [0.4, 0.5) is 15.9 Å². The number of carbonyl (C=O) groups is 2. The van der Waals surface area contributed by atoms with Crippen molar-refractivity contribution in [3.8, 4) is 12.3 Å². The van der Waals surface area contributed by atoms with Gasteiger partial charge in [-0.1, -0.05) is 5.92 Å². The van der Waals surface area contributed by atoms with Crippen LogP contribution in [-0.4, -0.2) is 36.6 Å². The SMILES string of the molecule is C#Cc1cc(NC(=O)c2cc(N)n3cnnc3n2)c(C(=O)O)cc1F. The van der Waals surface area contributed by atoms with E-state index in [-0.39, 0.29) is 28.5 Å². The highest BCUT2D eigenvalue weighted by molar-refractivity contribution is 6.07. The molecule has 124 valence electrons. The third-order valence-corrected chi connectivity index (χ3v) is 3.29. The third-order valence-electron chi connectivity index (χ3n) is 3.29. The number of terminal acetylenes is 1. The Bertz CT molecular complexity index is 1070. The molecular formula is C15H9FN6O3. The van der Waals surface area contributed by atoms with Crippen molar-refractivity contribution >= 4 is 29.2 Å². The fourth-order valence-corrected chi connectivity index (χ4v) is 2.10. The molecule has 3 rings (SSSR count). The fourth-order valence-electron chi connectivity index (χ4n) is 2.10. The zero-order valence-electron chi connectivity index (χ0n) is 12.4. The minimum absolute atomic E-state index is 0.0898. The first-order chi connectivity index (χ1) is 11.9. The number of aromatic carboxylic acids is 1. The Labute approximate surface area is 139 Å². The standard InChI is InChI=1S/C15H9FN6O3/c1-2-7-3-10(8(14(24)25)4-9(7)16)19-13(23)11-5-12(17)22-6-18-21-15(22)20-11/h1,3-6H,17H2,(H,19,23)(H,24,25). The highest BCUT2D eigenvalue weighted by Gasteiger charge is 2.19. The second kappa shape index (κ2) is 5.89. The number of carboxylic acid groups (broad SMARTS) is 1. The highest BCUT2D eigenvalue weighted by Crippen LogP contribution is 2.22. The molecular weight excluding hydrogens is 331 g/mol. The summed E-state index contributed by atoms with van der Waals surface area (Å²) in [6.45, 7) is 0. The molecule has 2 heterocycles. The van der Waals surface area contributed by atoms with Crippen LogP contribution in [0.15, 0.2) is 24.5 Å². The van der Waals surface area contributed by atoms with E-state index < -0.39 is 23.3 Å². The molecule has 1 amide bonds. The second-order valence-electron chi connectivity index (χ2n) is 4.85. The Kier molecular flexibility index (Phi) is 3.74. The van der Waals surface area contributed by atoms with Gasteiger partial charge in [0.25, 0.3) is 11.7 Å². The predicted molar refractivity (Wildman–Crippen MR) is 84.4 cm³/mol. The number of amides is 1. The van der Waals surface area contributed by atoms with Crippen LogP contribution >= 0.6 is 0 Å². The van der Waals surface area contributed by atoms with Crippen molar-refractivity contribution in [1.82, 2.24) is 19.6 Å². The molecule has 0 saturated carbocycles. The van der Waals surface area contributed by atoms with Crippen molar-refractivity contribution in [2.24, 2.45) is 0 Å². The van der Waals surface area contributed by atoms with Gasteiger partial charge >= 0.3 is 5.97 Å². The molecule has 3 aromatic rings. The number of hydrogen-bond donors (Lipinski definition) is 3. The number of anilines is 2. The van der Waals surface area contributed by atoms with Crippen LogP contribution in [0, 0.1) is 18.2 Å². The smallest absolute Gasteiger partial charge is 0.337 e. The normalized spacial score (nSPS) is 10.4. The van der Waals surface area contributed by atoms with Gasteiger partial charge in [0.15, 0.2) is 0 Å². The van der Waals surface area contributed by atoms with Crippen LogP contribution in [0.2, 0.25) is 0 Å². The number of fused-ring (bicyclic) bond motifs is 1. The molecule has 0 aliphatic rings. The lowest BCUT2D eigenvalue weighted by atomic mass is 10.1. The minimum Gasteiger partial charge on any atom is -0.478 e. The number of aromatic nitrogens is 4. The Morgan fingerprint density at radius 2 is 2.12 bits per heavy atom. The van der Waals surface area contributed by atoms with E-state index in [1.807, 2.05) is 0 Å². The molecule has 10 heteroatoms. The maximum Gasteiger partial charge on any atom is 0.337 e. The number of hydrogen-bond acceptors (Lipinski definition) is 6. The molecule has 0 bridgehead atoms. The lowest BCUT2D eigenvalue weighted by Crippen LogP contribution is -2.18. The highest BCUT2D eigenvalue weighted by atomic mass is 19.1. The molecule has 0 fully saturated rings. The second-order valence-corrected chi connectivity index (χ2v) is 4.85. The van der Waals surface area contributed by atoms with Crippen LogP contribution < -0.4 is 11.1 Å². The Hall–Kier alpha value is -4.00. The molecule has 0 atom stereocenters. The van der Waals surface area contributed by atoms with E-state index in [0.717, 1.165) is 12.1 Å².